The first-order valence-corrected chi connectivity index (χ1v) is 35.8. The highest BCUT2D eigenvalue weighted by Crippen LogP contribution is 2.40. The fourth-order valence-corrected chi connectivity index (χ4v) is 31.0. The number of benzene rings is 1. The van der Waals surface area contributed by atoms with E-state index in [0.29, 0.717) is 5.41 Å². The van der Waals surface area contributed by atoms with Gasteiger partial charge in [-0.05, 0) is 66.5 Å². The number of hydrogen-bond acceptors (Lipinski definition) is 3. The first-order valence-electron chi connectivity index (χ1n) is 18.0. The van der Waals surface area contributed by atoms with Gasteiger partial charge in [-0.3, -0.25) is 0 Å². The summed E-state index contributed by atoms with van der Waals surface area (Å²) >= 11 is 0. The van der Waals surface area contributed by atoms with Crippen LogP contribution >= 0.6 is 0 Å². The maximum atomic E-state index is 6.19. The van der Waals surface area contributed by atoms with Crippen LogP contribution in [0.25, 0.3) is 0 Å². The van der Waals surface area contributed by atoms with Gasteiger partial charge in [-0.15, -0.1) is 0 Å². The lowest BCUT2D eigenvalue weighted by Crippen LogP contribution is -2.48. The third-order valence-corrected chi connectivity index (χ3v) is 32.8. The molecule has 47 heavy (non-hydrogen) atoms. The van der Waals surface area contributed by atoms with E-state index in [-0.39, 0.29) is 0 Å². The van der Waals surface area contributed by atoms with E-state index >= 15 is 0 Å². The van der Waals surface area contributed by atoms with Crippen molar-refractivity contribution in [2.24, 2.45) is 0 Å². The van der Waals surface area contributed by atoms with Gasteiger partial charge in [0, 0.05) is 57.1 Å². The van der Waals surface area contributed by atoms with Gasteiger partial charge < -0.3 is 12.3 Å². The Bertz CT molecular complexity index is 771. The van der Waals surface area contributed by atoms with E-state index in [1.165, 1.54) is 146 Å². The van der Waals surface area contributed by atoms with Crippen LogP contribution < -0.4 is 5.19 Å². The number of hydrogen-bond donors (Lipinski definition) is 0. The Morgan fingerprint density at radius 1 is 0.383 bits per heavy atom. The van der Waals surface area contributed by atoms with E-state index in [1.54, 1.807) is 5.56 Å². The summed E-state index contributed by atoms with van der Waals surface area (Å²) in [5.41, 5.74) is 2.09. The lowest BCUT2D eigenvalue weighted by atomic mass is 9.73. The SMILES string of the molecule is c1cc2ccc1C13CC[Si]CC[Si]O[Si]CC[Si]CC[Si]2(CC[Si]CC[Si]O[Si]CC[Si]CC1)CC[Si]CC[Si]O[Si]CC[Si]CC3. The molecule has 0 atom stereocenters. The Morgan fingerprint density at radius 3 is 1.04 bits per heavy atom. The van der Waals surface area contributed by atoms with Gasteiger partial charge in [-0.1, -0.05) is 120 Å². The molecule has 0 amide bonds. The van der Waals surface area contributed by atoms with Gasteiger partial charge in [0.2, 0.25) is 58.6 Å². The molecule has 0 aromatic heterocycles. The summed E-state index contributed by atoms with van der Waals surface area (Å²) in [6.07, 6.45) is 4.19. The molecule has 7 rings (SSSR count). The van der Waals surface area contributed by atoms with Gasteiger partial charge in [-0.25, -0.2) is 0 Å². The van der Waals surface area contributed by atoms with Gasteiger partial charge >= 0.3 is 0 Å². The van der Waals surface area contributed by atoms with Crippen LogP contribution in [0, 0.1) is 0 Å². The van der Waals surface area contributed by atoms with Gasteiger partial charge in [0.15, 0.2) is 0 Å². The summed E-state index contributed by atoms with van der Waals surface area (Å²) < 4.78 is 18.6. The Kier molecular flexibility index (Phi) is 23.6. The van der Waals surface area contributed by atoms with Crippen molar-refractivity contribution in [2.75, 3.05) is 0 Å². The molecule has 6 heterocycles. The molecule has 0 spiro atoms. The second-order valence-electron chi connectivity index (χ2n) is 12.8. The van der Waals surface area contributed by atoms with Crippen molar-refractivity contribution in [2.45, 2.75) is 152 Å². The van der Waals surface area contributed by atoms with Gasteiger partial charge in [0.05, 0.1) is 8.07 Å². The van der Waals surface area contributed by atoms with Crippen LogP contribution in [-0.2, 0) is 17.8 Å². The molecule has 1 aromatic rings. The maximum Gasteiger partial charge on any atom is 0.214 e. The topological polar surface area (TPSA) is 27.7 Å². The molecule has 24 radical (unpaired) electrons. The molecule has 1 aromatic carbocycles. The Morgan fingerprint density at radius 2 is 0.702 bits per heavy atom. The molecular weight excluding hydrogens is 785 g/mol. The average molecular weight is 838 g/mol. The second-order valence-corrected chi connectivity index (χ2v) is 33.6. The van der Waals surface area contributed by atoms with Crippen molar-refractivity contribution in [3.8, 4) is 0 Å². The van der Waals surface area contributed by atoms with Crippen LogP contribution in [0.4, 0.5) is 0 Å². The van der Waals surface area contributed by atoms with Crippen molar-refractivity contribution in [3.63, 3.8) is 0 Å². The predicted octanol–water partition coefficient (Wildman–Crippen LogP) is 6.31. The molecule has 0 aliphatic carbocycles. The predicted molar refractivity (Wildman–Crippen MR) is 221 cm³/mol. The number of rotatable bonds is 0. The molecular formula is C31H52O3Si13. The summed E-state index contributed by atoms with van der Waals surface area (Å²) in [7, 11) is 9.53. The molecule has 4 bridgehead atoms. The molecule has 0 saturated heterocycles. The fourth-order valence-electron chi connectivity index (χ4n) is 6.81. The average Bonchev–Trinajstić information content (AvgIpc) is 3.09. The monoisotopic (exact) mass is 836 g/mol. The molecule has 246 valence electrons. The standard InChI is InChI=1S/C31H52O3Si13/c1-3-30-4-2-29(1)31-5-8-35-11-17-41-32-44-20-14-38-23-26-47(30,27-24-39-15-21-45-33-42-18-12-36-9-6-31)28-25-40-16-22-46-34-43-19-13-37-10-7-31/h1-4H,5-28H2. The summed E-state index contributed by atoms with van der Waals surface area (Å²) in [6.45, 7) is 0. The molecule has 0 unspecified atom stereocenters. The molecule has 3 nitrogen and oxygen atoms in total. The third kappa shape index (κ3) is 16.6. The first-order chi connectivity index (χ1) is 23.3. The normalized spacial score (nSPS) is 29.5. The highest BCUT2D eigenvalue weighted by atomic mass is 28.3. The van der Waals surface area contributed by atoms with Crippen LogP contribution in [0.5, 0.6) is 0 Å². The minimum absolute atomic E-state index is 0.370. The van der Waals surface area contributed by atoms with Crippen LogP contribution in [0.2, 0.25) is 127 Å². The second kappa shape index (κ2) is 26.6. The smallest absolute Gasteiger partial charge is 0.214 e. The zero-order valence-electron chi connectivity index (χ0n) is 28.5. The highest BCUT2D eigenvalue weighted by molar-refractivity contribution is 6.93. The Balaban J connectivity index is 1.67. The lowest BCUT2D eigenvalue weighted by molar-refractivity contribution is 0.380. The van der Waals surface area contributed by atoms with E-state index in [9.17, 15) is 0 Å². The zero-order chi connectivity index (χ0) is 32.6. The zero-order valence-corrected chi connectivity index (χ0v) is 41.5. The first kappa shape index (κ1) is 41.7. The van der Waals surface area contributed by atoms with Crippen LogP contribution in [0.3, 0.4) is 0 Å². The minimum atomic E-state index is -1.58. The molecule has 6 aliphatic rings. The highest BCUT2D eigenvalue weighted by Gasteiger charge is 2.36. The van der Waals surface area contributed by atoms with E-state index < -0.39 is 8.07 Å². The van der Waals surface area contributed by atoms with Crippen molar-refractivity contribution in [3.05, 3.63) is 29.8 Å². The third-order valence-electron chi connectivity index (χ3n) is 9.65. The van der Waals surface area contributed by atoms with Crippen molar-refractivity contribution >= 4 is 129 Å². The largest absolute Gasteiger partial charge is 0.457 e. The van der Waals surface area contributed by atoms with E-state index in [2.05, 4.69) is 24.3 Å². The molecule has 0 saturated carbocycles. The molecule has 0 N–H and O–H groups in total. The Hall–Kier alpha value is 1.92. The molecule has 6 aliphatic heterocycles. The summed E-state index contributed by atoms with van der Waals surface area (Å²) in [4.78, 5) is 0. The van der Waals surface area contributed by atoms with Crippen LogP contribution in [0.15, 0.2) is 24.3 Å². The van der Waals surface area contributed by atoms with Gasteiger partial charge in [0.25, 0.3) is 0 Å². The minimum Gasteiger partial charge on any atom is -0.457 e. The number of fused-ring (bicyclic) bond motifs is 36. The van der Waals surface area contributed by atoms with Crippen molar-refractivity contribution in [1.29, 1.82) is 0 Å². The van der Waals surface area contributed by atoms with E-state index in [4.69, 9.17) is 12.3 Å². The van der Waals surface area contributed by atoms with Gasteiger partial charge in [-0.2, -0.15) is 0 Å². The maximum absolute atomic E-state index is 6.19. The Labute approximate surface area is 320 Å². The van der Waals surface area contributed by atoms with Crippen molar-refractivity contribution < 1.29 is 12.3 Å². The van der Waals surface area contributed by atoms with Crippen molar-refractivity contribution in [1.82, 2.24) is 0 Å². The lowest BCUT2D eigenvalue weighted by Gasteiger charge is -2.37. The summed E-state index contributed by atoms with van der Waals surface area (Å²) in [5.74, 6) is 0. The quantitative estimate of drug-likeness (QED) is 0.287. The fraction of sp³-hybridized carbons (Fsp3) is 0.806. The van der Waals surface area contributed by atoms with Crippen LogP contribution in [0.1, 0.15) is 24.8 Å². The van der Waals surface area contributed by atoms with Gasteiger partial charge in [0.1, 0.15) is 0 Å². The summed E-state index contributed by atoms with van der Waals surface area (Å²) in [6, 6.07) is 40.2. The molecule has 16 heteroatoms. The van der Waals surface area contributed by atoms with E-state index in [1.807, 2.05) is 5.19 Å². The molecule has 0 fully saturated rings. The van der Waals surface area contributed by atoms with E-state index in [0.717, 1.165) is 116 Å². The van der Waals surface area contributed by atoms with Crippen LogP contribution in [-0.4, -0.2) is 124 Å². The summed E-state index contributed by atoms with van der Waals surface area (Å²) in [5, 5.41) is 1.83.